The van der Waals surface area contributed by atoms with Crippen LogP contribution in [-0.2, 0) is 10.0 Å². The minimum Gasteiger partial charge on any atom is -0.497 e. The van der Waals surface area contributed by atoms with E-state index >= 15 is 0 Å². The third-order valence-corrected chi connectivity index (χ3v) is 4.11. The second kappa shape index (κ2) is 6.53. The van der Waals surface area contributed by atoms with Crippen LogP contribution in [0.4, 0.5) is 0 Å². The lowest BCUT2D eigenvalue weighted by atomic mass is 10.2. The molecule has 1 atom stereocenters. The molecule has 1 unspecified atom stereocenters. The molecule has 0 spiro atoms. The van der Waals surface area contributed by atoms with Gasteiger partial charge in [-0.2, -0.15) is 0 Å². The van der Waals surface area contributed by atoms with Crippen molar-refractivity contribution in [3.63, 3.8) is 0 Å². The highest BCUT2D eigenvalue weighted by atomic mass is 32.2. The van der Waals surface area contributed by atoms with Gasteiger partial charge in [0.2, 0.25) is 10.0 Å². The summed E-state index contributed by atoms with van der Waals surface area (Å²) in [6.45, 7) is 1.90. The van der Waals surface area contributed by atoms with Gasteiger partial charge >= 0.3 is 0 Å². The first-order valence-electron chi connectivity index (χ1n) is 5.91. The van der Waals surface area contributed by atoms with Gasteiger partial charge in [-0.15, -0.1) is 0 Å². The van der Waals surface area contributed by atoms with Crippen LogP contribution in [0.3, 0.4) is 0 Å². The maximum Gasteiger partial charge on any atom is 0.241 e. The van der Waals surface area contributed by atoms with Crippen LogP contribution in [0.2, 0.25) is 0 Å². The molecular weight excluding hydrogens is 266 g/mol. The Bertz CT molecular complexity index is 526. The molecule has 7 heteroatoms. The zero-order valence-electron chi connectivity index (χ0n) is 11.0. The Morgan fingerprint density at radius 1 is 1.42 bits per heavy atom. The van der Waals surface area contributed by atoms with Crippen LogP contribution in [0, 0.1) is 5.41 Å². The molecule has 6 nitrogen and oxygen atoms in total. The van der Waals surface area contributed by atoms with Crippen LogP contribution in [0.1, 0.15) is 19.8 Å². The van der Waals surface area contributed by atoms with Crippen LogP contribution in [-0.4, -0.2) is 27.4 Å². The number of rotatable bonds is 7. The number of hydrogen-bond acceptors (Lipinski definition) is 4. The summed E-state index contributed by atoms with van der Waals surface area (Å²) in [6.07, 6.45) is 1.22. The Hall–Kier alpha value is -1.60. The van der Waals surface area contributed by atoms with Gasteiger partial charge in [0.1, 0.15) is 11.6 Å². The van der Waals surface area contributed by atoms with Crippen molar-refractivity contribution in [3.05, 3.63) is 24.3 Å². The molecule has 1 rings (SSSR count). The van der Waals surface area contributed by atoms with Gasteiger partial charge in [-0.3, -0.25) is 5.41 Å². The zero-order valence-corrected chi connectivity index (χ0v) is 11.8. The standard InChI is InChI=1S/C12H19N3O3S/c1-3-4-11(12(13)14)15-19(16,17)10-7-5-9(18-2)6-8-10/h5-8,11,15H,3-4H2,1-2H3,(H3,13,14). The summed E-state index contributed by atoms with van der Waals surface area (Å²) >= 11 is 0. The lowest BCUT2D eigenvalue weighted by Gasteiger charge is -2.16. The maximum absolute atomic E-state index is 12.1. The third-order valence-electron chi connectivity index (χ3n) is 2.62. The Morgan fingerprint density at radius 3 is 2.42 bits per heavy atom. The molecule has 0 saturated carbocycles. The molecule has 0 aliphatic rings. The van der Waals surface area contributed by atoms with Gasteiger partial charge in [0, 0.05) is 0 Å². The predicted molar refractivity (Wildman–Crippen MR) is 73.9 cm³/mol. The highest BCUT2D eigenvalue weighted by Gasteiger charge is 2.21. The van der Waals surface area contributed by atoms with Gasteiger partial charge in [0.15, 0.2) is 0 Å². The first-order valence-corrected chi connectivity index (χ1v) is 7.39. The molecule has 4 N–H and O–H groups in total. The lowest BCUT2D eigenvalue weighted by molar-refractivity contribution is 0.414. The molecule has 1 aromatic carbocycles. The summed E-state index contributed by atoms with van der Waals surface area (Å²) in [4.78, 5) is 0.121. The number of ether oxygens (including phenoxy) is 1. The van der Waals surface area contributed by atoms with Gasteiger partial charge < -0.3 is 10.5 Å². The first-order chi connectivity index (χ1) is 8.90. The van der Waals surface area contributed by atoms with E-state index in [9.17, 15) is 8.42 Å². The van der Waals surface area contributed by atoms with Crippen molar-refractivity contribution in [2.75, 3.05) is 7.11 Å². The third kappa shape index (κ3) is 4.22. The largest absolute Gasteiger partial charge is 0.497 e. The Balaban J connectivity index is 2.92. The second-order valence-electron chi connectivity index (χ2n) is 4.09. The molecule has 0 bridgehead atoms. The average Bonchev–Trinajstić information content (AvgIpc) is 2.38. The molecule has 0 amide bonds. The monoisotopic (exact) mass is 285 g/mol. The van der Waals surface area contributed by atoms with E-state index in [1.54, 1.807) is 12.1 Å². The van der Waals surface area contributed by atoms with Crippen molar-refractivity contribution in [2.24, 2.45) is 5.73 Å². The molecule has 0 saturated heterocycles. The van der Waals surface area contributed by atoms with Crippen molar-refractivity contribution >= 4 is 15.9 Å². The number of nitrogens with two attached hydrogens (primary N) is 1. The molecule has 0 aromatic heterocycles. The minimum absolute atomic E-state index is 0.121. The summed E-state index contributed by atoms with van der Waals surface area (Å²) in [6, 6.07) is 5.36. The van der Waals surface area contributed by atoms with Crippen LogP contribution in [0.15, 0.2) is 29.2 Å². The van der Waals surface area contributed by atoms with E-state index in [0.717, 1.165) is 6.42 Å². The topological polar surface area (TPSA) is 105 Å². The van der Waals surface area contributed by atoms with Gasteiger partial charge in [0.05, 0.1) is 18.0 Å². The maximum atomic E-state index is 12.1. The van der Waals surface area contributed by atoms with Crippen molar-refractivity contribution in [1.29, 1.82) is 5.41 Å². The number of methoxy groups -OCH3 is 1. The van der Waals surface area contributed by atoms with Crippen LogP contribution in [0.5, 0.6) is 5.75 Å². The SMILES string of the molecule is CCCC(NS(=O)(=O)c1ccc(OC)cc1)C(=N)N. The smallest absolute Gasteiger partial charge is 0.241 e. The van der Waals surface area contributed by atoms with E-state index in [0.29, 0.717) is 12.2 Å². The number of hydrogen-bond donors (Lipinski definition) is 3. The van der Waals surface area contributed by atoms with E-state index in [1.807, 2.05) is 6.92 Å². The van der Waals surface area contributed by atoms with Crippen LogP contribution in [0.25, 0.3) is 0 Å². The quantitative estimate of drug-likeness (QED) is 0.515. The van der Waals surface area contributed by atoms with E-state index in [2.05, 4.69) is 4.72 Å². The normalized spacial score (nSPS) is 12.9. The van der Waals surface area contributed by atoms with E-state index < -0.39 is 16.1 Å². The highest BCUT2D eigenvalue weighted by molar-refractivity contribution is 7.89. The van der Waals surface area contributed by atoms with Gasteiger partial charge in [-0.05, 0) is 30.7 Å². The van der Waals surface area contributed by atoms with Gasteiger partial charge in [-0.25, -0.2) is 13.1 Å². The fourth-order valence-corrected chi connectivity index (χ4v) is 2.83. The Morgan fingerprint density at radius 2 is 2.00 bits per heavy atom. The first kappa shape index (κ1) is 15.5. The number of sulfonamides is 1. The molecule has 106 valence electrons. The molecule has 0 radical (unpaired) electrons. The van der Waals surface area contributed by atoms with E-state index in [-0.39, 0.29) is 10.7 Å². The molecule has 0 aliphatic carbocycles. The highest BCUT2D eigenvalue weighted by Crippen LogP contribution is 2.16. The van der Waals surface area contributed by atoms with Crippen LogP contribution >= 0.6 is 0 Å². The molecule has 19 heavy (non-hydrogen) atoms. The summed E-state index contributed by atoms with van der Waals surface area (Å²) in [5.41, 5.74) is 5.39. The van der Waals surface area contributed by atoms with E-state index in [4.69, 9.17) is 15.9 Å². The minimum atomic E-state index is -3.68. The summed E-state index contributed by atoms with van der Waals surface area (Å²) in [7, 11) is -2.17. The number of benzene rings is 1. The molecular formula is C12H19N3O3S. The summed E-state index contributed by atoms with van der Waals surface area (Å²) in [5.74, 6) is 0.398. The zero-order chi connectivity index (χ0) is 14.5. The fraction of sp³-hybridized carbons (Fsp3) is 0.417. The number of nitrogens with one attached hydrogen (secondary N) is 2. The lowest BCUT2D eigenvalue weighted by Crippen LogP contribution is -2.43. The van der Waals surface area contributed by atoms with Crippen molar-refractivity contribution < 1.29 is 13.2 Å². The summed E-state index contributed by atoms with van der Waals surface area (Å²) in [5, 5.41) is 7.39. The molecule has 0 fully saturated rings. The van der Waals surface area contributed by atoms with Gasteiger partial charge in [-0.1, -0.05) is 13.3 Å². The van der Waals surface area contributed by atoms with E-state index in [1.165, 1.54) is 19.2 Å². The van der Waals surface area contributed by atoms with Crippen molar-refractivity contribution in [3.8, 4) is 5.75 Å². The average molecular weight is 285 g/mol. The summed E-state index contributed by atoms with van der Waals surface area (Å²) < 4.78 is 31.6. The molecule has 0 heterocycles. The Kier molecular flexibility index (Phi) is 5.31. The van der Waals surface area contributed by atoms with Crippen molar-refractivity contribution in [1.82, 2.24) is 4.72 Å². The second-order valence-corrected chi connectivity index (χ2v) is 5.81. The fourth-order valence-electron chi connectivity index (χ4n) is 1.58. The molecule has 1 aromatic rings. The molecule has 0 aliphatic heterocycles. The predicted octanol–water partition coefficient (Wildman–Crippen LogP) is 1.08. The van der Waals surface area contributed by atoms with Crippen LogP contribution < -0.4 is 15.2 Å². The van der Waals surface area contributed by atoms with Crippen molar-refractivity contribution in [2.45, 2.75) is 30.7 Å². The number of amidine groups is 1. The van der Waals surface area contributed by atoms with Gasteiger partial charge in [0.25, 0.3) is 0 Å². The Labute approximate surface area is 113 Å².